The van der Waals surface area contributed by atoms with Gasteiger partial charge in [0.25, 0.3) is 0 Å². The van der Waals surface area contributed by atoms with Crippen LogP contribution in [0.3, 0.4) is 0 Å². The average molecular weight is 345 g/mol. The third kappa shape index (κ3) is 4.81. The van der Waals surface area contributed by atoms with Crippen molar-refractivity contribution >= 4 is 17.5 Å². The highest BCUT2D eigenvalue weighted by atomic mass is 35.5. The molecule has 4 nitrogen and oxygen atoms in total. The zero-order valence-electron chi connectivity index (χ0n) is 13.5. The predicted molar refractivity (Wildman–Crippen MR) is 94.9 cm³/mol. The van der Waals surface area contributed by atoms with Crippen molar-refractivity contribution in [3.05, 3.63) is 70.7 Å². The summed E-state index contributed by atoms with van der Waals surface area (Å²) < 4.78 is 5.83. The van der Waals surface area contributed by atoms with Gasteiger partial charge in [-0.1, -0.05) is 54.1 Å². The predicted octanol–water partition coefficient (Wildman–Crippen LogP) is 3.03. The number of morpholine rings is 1. The Morgan fingerprint density at radius 1 is 1.21 bits per heavy atom. The SMILES string of the molecule is O=C(CN1CCOC(c2ccccc2)C1)NCc1cccc(Cl)c1. The molecule has 5 heteroatoms. The molecule has 1 N–H and O–H groups in total. The molecule has 0 saturated carbocycles. The van der Waals surface area contributed by atoms with E-state index in [1.165, 1.54) is 0 Å². The number of benzene rings is 2. The number of halogens is 1. The van der Waals surface area contributed by atoms with E-state index >= 15 is 0 Å². The molecule has 1 heterocycles. The van der Waals surface area contributed by atoms with E-state index < -0.39 is 0 Å². The van der Waals surface area contributed by atoms with Gasteiger partial charge < -0.3 is 10.1 Å². The van der Waals surface area contributed by atoms with Gasteiger partial charge in [-0.3, -0.25) is 9.69 Å². The molecular weight excluding hydrogens is 324 g/mol. The molecule has 1 unspecified atom stereocenters. The highest BCUT2D eigenvalue weighted by molar-refractivity contribution is 6.30. The van der Waals surface area contributed by atoms with Crippen molar-refractivity contribution in [2.75, 3.05) is 26.2 Å². The number of carbonyl (C=O) groups excluding carboxylic acids is 1. The monoisotopic (exact) mass is 344 g/mol. The fourth-order valence-corrected chi connectivity index (χ4v) is 3.03. The van der Waals surface area contributed by atoms with Gasteiger partial charge in [-0.2, -0.15) is 0 Å². The largest absolute Gasteiger partial charge is 0.371 e. The molecule has 2 aromatic rings. The Morgan fingerprint density at radius 3 is 2.83 bits per heavy atom. The maximum atomic E-state index is 12.2. The standard InChI is InChI=1S/C19H21ClN2O2/c20-17-8-4-5-15(11-17)12-21-19(23)14-22-9-10-24-18(13-22)16-6-2-1-3-7-16/h1-8,11,18H,9-10,12-14H2,(H,21,23). The Balaban J connectivity index is 1.49. The highest BCUT2D eigenvalue weighted by Crippen LogP contribution is 2.21. The molecule has 2 aromatic carbocycles. The number of amides is 1. The van der Waals surface area contributed by atoms with E-state index in [4.69, 9.17) is 16.3 Å². The first kappa shape index (κ1) is 17.0. The lowest BCUT2D eigenvalue weighted by atomic mass is 10.1. The van der Waals surface area contributed by atoms with Gasteiger partial charge in [-0.15, -0.1) is 0 Å². The van der Waals surface area contributed by atoms with Crippen LogP contribution in [0.5, 0.6) is 0 Å². The maximum absolute atomic E-state index is 12.2. The third-order valence-electron chi connectivity index (χ3n) is 4.07. The molecule has 0 spiro atoms. The molecule has 3 rings (SSSR count). The van der Waals surface area contributed by atoms with Crippen LogP contribution >= 0.6 is 11.6 Å². The van der Waals surface area contributed by atoms with Crippen molar-refractivity contribution in [3.63, 3.8) is 0 Å². The van der Waals surface area contributed by atoms with Gasteiger partial charge in [0, 0.05) is 24.7 Å². The van der Waals surface area contributed by atoms with Crippen molar-refractivity contribution in [1.82, 2.24) is 10.2 Å². The normalized spacial score (nSPS) is 18.3. The minimum Gasteiger partial charge on any atom is -0.371 e. The van der Waals surface area contributed by atoms with Gasteiger partial charge in [0.2, 0.25) is 5.91 Å². The van der Waals surface area contributed by atoms with Gasteiger partial charge in [0.05, 0.1) is 19.3 Å². The lowest BCUT2D eigenvalue weighted by Gasteiger charge is -2.32. The van der Waals surface area contributed by atoms with Gasteiger partial charge in [0.15, 0.2) is 0 Å². The molecule has 0 aromatic heterocycles. The minimum absolute atomic E-state index is 0.0173. The third-order valence-corrected chi connectivity index (χ3v) is 4.30. The van der Waals surface area contributed by atoms with Crippen LogP contribution in [-0.4, -0.2) is 37.0 Å². The zero-order chi connectivity index (χ0) is 16.8. The fraction of sp³-hybridized carbons (Fsp3) is 0.316. The van der Waals surface area contributed by atoms with Crippen molar-refractivity contribution in [1.29, 1.82) is 0 Å². The van der Waals surface area contributed by atoms with E-state index in [1.54, 1.807) is 0 Å². The smallest absolute Gasteiger partial charge is 0.234 e. The summed E-state index contributed by atoms with van der Waals surface area (Å²) in [5.74, 6) is 0.0173. The minimum atomic E-state index is 0.0173. The summed E-state index contributed by atoms with van der Waals surface area (Å²) in [6, 6.07) is 17.7. The van der Waals surface area contributed by atoms with Crippen LogP contribution in [0.15, 0.2) is 54.6 Å². The van der Waals surface area contributed by atoms with Crippen LogP contribution in [0.2, 0.25) is 5.02 Å². The van der Waals surface area contributed by atoms with E-state index in [0.717, 1.165) is 24.2 Å². The van der Waals surface area contributed by atoms with Crippen LogP contribution in [-0.2, 0) is 16.1 Å². The van der Waals surface area contributed by atoms with Gasteiger partial charge >= 0.3 is 0 Å². The summed E-state index contributed by atoms with van der Waals surface area (Å²) in [6.45, 7) is 3.02. The van der Waals surface area contributed by atoms with E-state index in [-0.39, 0.29) is 12.0 Å². The number of hydrogen-bond acceptors (Lipinski definition) is 3. The van der Waals surface area contributed by atoms with E-state index in [0.29, 0.717) is 24.7 Å². The Bertz CT molecular complexity index is 678. The van der Waals surface area contributed by atoms with Crippen LogP contribution in [0.4, 0.5) is 0 Å². The molecular formula is C19H21ClN2O2. The summed E-state index contributed by atoms with van der Waals surface area (Å²) in [4.78, 5) is 14.3. The second-order valence-electron chi connectivity index (χ2n) is 5.91. The summed E-state index contributed by atoms with van der Waals surface area (Å²) >= 11 is 5.96. The highest BCUT2D eigenvalue weighted by Gasteiger charge is 2.23. The molecule has 24 heavy (non-hydrogen) atoms. The zero-order valence-corrected chi connectivity index (χ0v) is 14.2. The van der Waals surface area contributed by atoms with E-state index in [1.807, 2.05) is 42.5 Å². The summed E-state index contributed by atoms with van der Waals surface area (Å²) in [7, 11) is 0. The van der Waals surface area contributed by atoms with Gasteiger partial charge in [-0.05, 0) is 23.3 Å². The number of hydrogen-bond donors (Lipinski definition) is 1. The van der Waals surface area contributed by atoms with Gasteiger partial charge in [-0.25, -0.2) is 0 Å². The second-order valence-corrected chi connectivity index (χ2v) is 6.35. The summed E-state index contributed by atoms with van der Waals surface area (Å²) in [6.07, 6.45) is 0.0284. The van der Waals surface area contributed by atoms with Crippen LogP contribution in [0.25, 0.3) is 0 Å². The quantitative estimate of drug-likeness (QED) is 0.906. The lowest BCUT2D eigenvalue weighted by Crippen LogP contribution is -2.44. The van der Waals surface area contributed by atoms with Crippen LogP contribution in [0, 0.1) is 0 Å². The molecule has 1 fully saturated rings. The molecule has 0 aliphatic carbocycles. The van der Waals surface area contributed by atoms with Crippen LogP contribution in [0.1, 0.15) is 17.2 Å². The average Bonchev–Trinajstić information content (AvgIpc) is 2.61. The summed E-state index contributed by atoms with van der Waals surface area (Å²) in [5, 5.41) is 3.63. The van der Waals surface area contributed by atoms with Crippen molar-refractivity contribution < 1.29 is 9.53 Å². The van der Waals surface area contributed by atoms with E-state index in [2.05, 4.69) is 22.3 Å². The first-order chi connectivity index (χ1) is 11.7. The topological polar surface area (TPSA) is 41.6 Å². The van der Waals surface area contributed by atoms with Crippen molar-refractivity contribution in [2.45, 2.75) is 12.6 Å². The Labute approximate surface area is 147 Å². The van der Waals surface area contributed by atoms with Crippen molar-refractivity contribution in [2.24, 2.45) is 0 Å². The number of ether oxygens (including phenoxy) is 1. The maximum Gasteiger partial charge on any atom is 0.234 e. The Kier molecular flexibility index (Phi) is 5.86. The fourth-order valence-electron chi connectivity index (χ4n) is 2.82. The molecule has 0 bridgehead atoms. The number of nitrogens with zero attached hydrogens (tertiary/aromatic N) is 1. The first-order valence-electron chi connectivity index (χ1n) is 8.11. The van der Waals surface area contributed by atoms with Crippen LogP contribution < -0.4 is 5.32 Å². The lowest BCUT2D eigenvalue weighted by molar-refractivity contribution is -0.124. The molecule has 1 aliphatic heterocycles. The molecule has 1 atom stereocenters. The molecule has 1 amide bonds. The van der Waals surface area contributed by atoms with E-state index in [9.17, 15) is 4.79 Å². The molecule has 1 saturated heterocycles. The summed E-state index contributed by atoms with van der Waals surface area (Å²) in [5.41, 5.74) is 2.15. The molecule has 126 valence electrons. The number of carbonyl (C=O) groups is 1. The molecule has 1 aliphatic rings. The second kappa shape index (κ2) is 8.29. The number of nitrogens with one attached hydrogen (secondary N) is 1. The Morgan fingerprint density at radius 2 is 2.04 bits per heavy atom. The Hall–Kier alpha value is -1.88. The first-order valence-corrected chi connectivity index (χ1v) is 8.48. The van der Waals surface area contributed by atoms with Crippen molar-refractivity contribution in [3.8, 4) is 0 Å². The molecule has 0 radical (unpaired) electrons. The number of rotatable bonds is 5. The van der Waals surface area contributed by atoms with Gasteiger partial charge in [0.1, 0.15) is 0 Å².